The molecule has 0 radical (unpaired) electrons. The number of benzene rings is 2. The molecule has 2 aromatic carbocycles. The summed E-state index contributed by atoms with van der Waals surface area (Å²) in [4.78, 5) is 29.6. The summed E-state index contributed by atoms with van der Waals surface area (Å²) >= 11 is 0. The minimum Gasteiger partial charge on any atom is -0.481 e. The summed E-state index contributed by atoms with van der Waals surface area (Å²) in [6.07, 6.45) is 2.15. The maximum atomic E-state index is 12.6. The number of fused-ring (bicyclic) bond motifs is 1. The van der Waals surface area contributed by atoms with E-state index in [0.29, 0.717) is 24.2 Å². The average molecular weight is 404 g/mol. The van der Waals surface area contributed by atoms with Gasteiger partial charge in [-0.2, -0.15) is 0 Å². The molecule has 30 heavy (non-hydrogen) atoms. The molecular formula is C23H20N2O5. The lowest BCUT2D eigenvalue weighted by molar-refractivity contribution is -0.137. The summed E-state index contributed by atoms with van der Waals surface area (Å²) < 4.78 is 11.1. The van der Waals surface area contributed by atoms with Crippen molar-refractivity contribution in [1.29, 1.82) is 0 Å². The van der Waals surface area contributed by atoms with Crippen LogP contribution in [0.1, 0.15) is 12.8 Å². The zero-order valence-corrected chi connectivity index (χ0v) is 16.4. The molecule has 0 unspecified atom stereocenters. The molecule has 0 saturated heterocycles. The number of aliphatic carboxylic acids is 1. The lowest BCUT2D eigenvalue weighted by atomic mass is 10.1. The fourth-order valence-corrected chi connectivity index (χ4v) is 3.22. The molecule has 2 heterocycles. The monoisotopic (exact) mass is 404 g/mol. The highest BCUT2D eigenvalue weighted by molar-refractivity contribution is 5.83. The molecule has 4 aromatic rings. The first kappa shape index (κ1) is 19.4. The van der Waals surface area contributed by atoms with Gasteiger partial charge in [-0.05, 0) is 24.6 Å². The Bertz CT molecular complexity index is 1240. The molecule has 4 rings (SSSR count). The number of hydrogen-bond donors (Lipinski definition) is 1. The van der Waals surface area contributed by atoms with E-state index < -0.39 is 11.6 Å². The van der Waals surface area contributed by atoms with Crippen LogP contribution >= 0.6 is 0 Å². The zero-order valence-electron chi connectivity index (χ0n) is 16.4. The van der Waals surface area contributed by atoms with Gasteiger partial charge in [0.2, 0.25) is 5.89 Å². The van der Waals surface area contributed by atoms with Crippen LogP contribution in [0, 0.1) is 0 Å². The van der Waals surface area contributed by atoms with Gasteiger partial charge in [-0.1, -0.05) is 30.3 Å². The molecule has 0 saturated carbocycles. The Morgan fingerprint density at radius 3 is 2.70 bits per heavy atom. The molecular weight excluding hydrogens is 384 g/mol. The first-order valence-corrected chi connectivity index (χ1v) is 9.53. The normalized spacial score (nSPS) is 11.0. The topological polar surface area (TPSA) is 96.8 Å². The summed E-state index contributed by atoms with van der Waals surface area (Å²) in [6, 6.07) is 16.8. The fourth-order valence-electron chi connectivity index (χ4n) is 3.22. The molecule has 1 N–H and O–H groups in total. The minimum atomic E-state index is -0.817. The highest BCUT2D eigenvalue weighted by atomic mass is 16.4. The third kappa shape index (κ3) is 4.10. The van der Waals surface area contributed by atoms with E-state index in [4.69, 9.17) is 13.9 Å². The number of hydrogen-bond acceptors (Lipinski definition) is 6. The van der Waals surface area contributed by atoms with Gasteiger partial charge in [-0.25, -0.2) is 9.78 Å². The number of oxazole rings is 1. The summed E-state index contributed by atoms with van der Waals surface area (Å²) in [6.45, 7) is 0.582. The van der Waals surface area contributed by atoms with Crippen molar-refractivity contribution in [2.75, 3.05) is 18.5 Å². The molecule has 0 atom stereocenters. The first-order chi connectivity index (χ1) is 14.5. The molecule has 0 bridgehead atoms. The van der Waals surface area contributed by atoms with Gasteiger partial charge in [-0.3, -0.25) is 4.79 Å². The van der Waals surface area contributed by atoms with Gasteiger partial charge in [-0.15, -0.1) is 0 Å². The van der Waals surface area contributed by atoms with Crippen molar-refractivity contribution in [3.05, 3.63) is 71.3 Å². The summed E-state index contributed by atoms with van der Waals surface area (Å²) in [5, 5.41) is 9.52. The standard InChI is InChI=1S/C23H20N2O5/c1-25(11-5-8-21(26)27)17-10-9-16-12-18(23(28)30-20(16)13-17)22-24-19(14-29-22)15-6-3-2-4-7-15/h2-4,6-7,9-10,12-14H,5,8,11H2,1H3,(H,26,27). The number of rotatable bonds is 7. The Hall–Kier alpha value is -3.87. The summed E-state index contributed by atoms with van der Waals surface area (Å²) in [7, 11) is 1.87. The second-order valence-corrected chi connectivity index (χ2v) is 6.99. The van der Waals surface area contributed by atoms with Crippen molar-refractivity contribution >= 4 is 22.6 Å². The molecule has 0 aliphatic heterocycles. The third-order valence-corrected chi connectivity index (χ3v) is 4.85. The van der Waals surface area contributed by atoms with E-state index >= 15 is 0 Å². The van der Waals surface area contributed by atoms with Crippen LogP contribution in [0.25, 0.3) is 33.7 Å². The van der Waals surface area contributed by atoms with Gasteiger partial charge in [0.25, 0.3) is 0 Å². The van der Waals surface area contributed by atoms with E-state index in [-0.39, 0.29) is 17.9 Å². The highest BCUT2D eigenvalue weighted by Crippen LogP contribution is 2.27. The molecule has 0 amide bonds. The van der Waals surface area contributed by atoms with Crippen molar-refractivity contribution in [1.82, 2.24) is 4.98 Å². The van der Waals surface area contributed by atoms with Gasteiger partial charge < -0.3 is 18.8 Å². The maximum Gasteiger partial charge on any atom is 0.349 e. The van der Waals surface area contributed by atoms with E-state index in [0.717, 1.165) is 16.6 Å². The lowest BCUT2D eigenvalue weighted by Gasteiger charge is -2.19. The Morgan fingerprint density at radius 1 is 1.13 bits per heavy atom. The van der Waals surface area contributed by atoms with Gasteiger partial charge in [0.15, 0.2) is 0 Å². The number of carboxylic acid groups (broad SMARTS) is 1. The first-order valence-electron chi connectivity index (χ1n) is 9.53. The maximum absolute atomic E-state index is 12.6. The van der Waals surface area contributed by atoms with Crippen molar-refractivity contribution in [2.24, 2.45) is 0 Å². The van der Waals surface area contributed by atoms with E-state index in [1.54, 1.807) is 12.1 Å². The number of anilines is 1. The van der Waals surface area contributed by atoms with Crippen LogP contribution in [0.3, 0.4) is 0 Å². The lowest BCUT2D eigenvalue weighted by Crippen LogP contribution is -2.19. The second-order valence-electron chi connectivity index (χ2n) is 6.99. The Balaban J connectivity index is 1.61. The molecule has 152 valence electrons. The van der Waals surface area contributed by atoms with Crippen LogP contribution in [0.2, 0.25) is 0 Å². The molecule has 7 nitrogen and oxygen atoms in total. The fraction of sp³-hybridized carbons (Fsp3) is 0.174. The Kier molecular flexibility index (Phi) is 5.34. The number of nitrogens with zero attached hydrogens (tertiary/aromatic N) is 2. The second kappa shape index (κ2) is 8.24. The number of carboxylic acids is 1. The SMILES string of the molecule is CN(CCCC(=O)O)c1ccc2cc(-c3nc(-c4ccccc4)co3)c(=O)oc2c1. The van der Waals surface area contributed by atoms with Gasteiger partial charge in [0, 0.05) is 42.7 Å². The molecule has 0 aliphatic rings. The summed E-state index contributed by atoms with van der Waals surface area (Å²) in [5.41, 5.74) is 2.55. The number of carbonyl (C=O) groups is 1. The highest BCUT2D eigenvalue weighted by Gasteiger charge is 2.15. The van der Waals surface area contributed by atoms with Gasteiger partial charge >= 0.3 is 11.6 Å². The zero-order chi connectivity index (χ0) is 21.1. The average Bonchev–Trinajstić information content (AvgIpc) is 3.23. The van der Waals surface area contributed by atoms with E-state index in [9.17, 15) is 9.59 Å². The summed E-state index contributed by atoms with van der Waals surface area (Å²) in [5.74, 6) is -0.609. The minimum absolute atomic E-state index is 0.109. The molecule has 0 spiro atoms. The smallest absolute Gasteiger partial charge is 0.349 e. The number of aromatic nitrogens is 1. The molecule has 0 fully saturated rings. The quantitative estimate of drug-likeness (QED) is 0.456. The molecule has 2 aromatic heterocycles. The Labute approximate surface area is 172 Å². The van der Waals surface area contributed by atoms with Crippen molar-refractivity contribution < 1.29 is 18.7 Å². The van der Waals surface area contributed by atoms with Gasteiger partial charge in [0.05, 0.1) is 0 Å². The van der Waals surface area contributed by atoms with E-state index in [1.807, 2.05) is 54.4 Å². The predicted molar refractivity (Wildman–Crippen MR) is 114 cm³/mol. The van der Waals surface area contributed by atoms with E-state index in [2.05, 4.69) is 4.98 Å². The molecule has 7 heteroatoms. The van der Waals surface area contributed by atoms with Crippen LogP contribution in [-0.2, 0) is 4.79 Å². The third-order valence-electron chi connectivity index (χ3n) is 4.85. The van der Waals surface area contributed by atoms with Crippen LogP contribution in [0.15, 0.2) is 74.5 Å². The molecule has 0 aliphatic carbocycles. The van der Waals surface area contributed by atoms with Crippen LogP contribution in [0.4, 0.5) is 5.69 Å². The Morgan fingerprint density at radius 2 is 1.93 bits per heavy atom. The van der Waals surface area contributed by atoms with Gasteiger partial charge in [0.1, 0.15) is 23.1 Å². The van der Waals surface area contributed by atoms with Crippen LogP contribution < -0.4 is 10.5 Å². The van der Waals surface area contributed by atoms with Crippen molar-refractivity contribution in [2.45, 2.75) is 12.8 Å². The predicted octanol–water partition coefficient (Wildman–Crippen LogP) is 4.42. The van der Waals surface area contributed by atoms with Crippen LogP contribution in [-0.4, -0.2) is 29.7 Å². The largest absolute Gasteiger partial charge is 0.481 e. The van der Waals surface area contributed by atoms with E-state index in [1.165, 1.54) is 6.26 Å². The van der Waals surface area contributed by atoms with Crippen LogP contribution in [0.5, 0.6) is 0 Å². The van der Waals surface area contributed by atoms with Crippen molar-refractivity contribution in [3.8, 4) is 22.7 Å². The van der Waals surface area contributed by atoms with Crippen molar-refractivity contribution in [3.63, 3.8) is 0 Å².